The maximum absolute atomic E-state index is 9.19. The molecule has 2 unspecified atom stereocenters. The van der Waals surface area contributed by atoms with Gasteiger partial charge in [-0.25, -0.2) is 4.31 Å². The summed E-state index contributed by atoms with van der Waals surface area (Å²) in [5, 5.41) is 0. The first-order valence-electron chi connectivity index (χ1n) is 4.57. The van der Waals surface area contributed by atoms with Gasteiger partial charge in [-0.05, 0) is 0 Å². The summed E-state index contributed by atoms with van der Waals surface area (Å²) >= 11 is 0. The molecule has 0 aromatic heterocycles. The summed E-state index contributed by atoms with van der Waals surface area (Å²) in [7, 11) is -4.36. The maximum Gasteiger partial charge on any atom is 0.337 e. The van der Waals surface area contributed by atoms with Gasteiger partial charge in [0.15, 0.2) is 0 Å². The highest BCUT2D eigenvalue weighted by Crippen LogP contribution is 2.49. The molecule has 0 spiro atoms. The zero-order valence-corrected chi connectivity index (χ0v) is 11.0. The van der Waals surface area contributed by atoms with Crippen LogP contribution in [0.15, 0.2) is 25.7 Å². The van der Waals surface area contributed by atoms with Crippen LogP contribution in [0.5, 0.6) is 0 Å². The molecule has 0 radical (unpaired) electrons. The third-order valence-electron chi connectivity index (χ3n) is 1.18. The van der Waals surface area contributed by atoms with Crippen molar-refractivity contribution in [2.45, 2.75) is 0 Å². The quantitative estimate of drug-likeness (QED) is 0.321. The fraction of sp³-hybridized carbons (Fsp3) is 0.500. The second kappa shape index (κ2) is 12.2. The lowest BCUT2D eigenvalue weighted by molar-refractivity contribution is 0.149. The maximum atomic E-state index is 9.19. The Morgan fingerprint density at radius 2 is 1.24 bits per heavy atom. The molecule has 0 heterocycles. The predicted octanol–water partition coefficient (Wildman–Crippen LogP) is 1.79. The van der Waals surface area contributed by atoms with E-state index in [4.69, 9.17) is 18.5 Å². The van der Waals surface area contributed by atoms with Gasteiger partial charge in [0, 0.05) is 0 Å². The average molecular weight is 286 g/mol. The monoisotopic (exact) mass is 286 g/mol. The van der Waals surface area contributed by atoms with Gasteiger partial charge < -0.3 is 28.3 Å². The molecule has 0 aliphatic heterocycles. The van der Waals surface area contributed by atoms with Crippen molar-refractivity contribution in [3.63, 3.8) is 0 Å². The molecule has 0 saturated carbocycles. The number of hydrogen-bond donors (Lipinski definition) is 2. The molecule has 0 amide bonds. The van der Waals surface area contributed by atoms with Gasteiger partial charge in [0.25, 0.3) is 0 Å². The van der Waals surface area contributed by atoms with Crippen molar-refractivity contribution >= 4 is 17.2 Å². The van der Waals surface area contributed by atoms with Gasteiger partial charge in [-0.1, -0.05) is 13.2 Å². The summed E-state index contributed by atoms with van der Waals surface area (Å²) in [4.78, 5) is 18.4. The van der Waals surface area contributed by atoms with Crippen molar-refractivity contribution < 1.29 is 32.6 Å². The molecule has 0 fully saturated rings. The Bertz CT molecular complexity index is 184. The van der Waals surface area contributed by atoms with Gasteiger partial charge in [0.05, 0.1) is 25.7 Å². The molecule has 0 rings (SSSR count). The third kappa shape index (κ3) is 12.0. The average Bonchev–Trinajstić information content (AvgIpc) is 2.30. The molecular formula is C8H16O7P2. The normalized spacial score (nSPS) is 13.8. The summed E-state index contributed by atoms with van der Waals surface area (Å²) < 4.78 is 23.7. The Labute approximate surface area is 103 Å². The van der Waals surface area contributed by atoms with E-state index in [0.29, 0.717) is 0 Å². The molecule has 0 aromatic rings. The highest BCUT2D eigenvalue weighted by molar-refractivity contribution is 7.54. The third-order valence-corrected chi connectivity index (χ3v) is 3.11. The molecule has 0 aliphatic carbocycles. The van der Waals surface area contributed by atoms with Gasteiger partial charge in [-0.15, -0.1) is 0 Å². The largest absolute Gasteiger partial charge is 0.499 e. The Hall–Kier alpha value is -0.260. The lowest BCUT2D eigenvalue weighted by atomic mass is 10.8. The molecule has 7 nitrogen and oxygen atoms in total. The van der Waals surface area contributed by atoms with Crippen molar-refractivity contribution in [2.75, 3.05) is 26.4 Å². The predicted molar refractivity (Wildman–Crippen MR) is 63.6 cm³/mol. The van der Waals surface area contributed by atoms with Gasteiger partial charge in [0.2, 0.25) is 0 Å². The Morgan fingerprint density at radius 3 is 1.59 bits per heavy atom. The summed E-state index contributed by atoms with van der Waals surface area (Å²) in [5.74, 6) is 0. The van der Waals surface area contributed by atoms with Crippen LogP contribution in [0, 0.1) is 0 Å². The van der Waals surface area contributed by atoms with Crippen molar-refractivity contribution in [3.05, 3.63) is 25.7 Å². The van der Waals surface area contributed by atoms with Crippen molar-refractivity contribution in [1.29, 1.82) is 0 Å². The van der Waals surface area contributed by atoms with Crippen molar-refractivity contribution in [1.82, 2.24) is 0 Å². The molecule has 0 saturated heterocycles. The zero-order valence-electron chi connectivity index (χ0n) is 9.23. The van der Waals surface area contributed by atoms with Gasteiger partial charge in [-0.2, -0.15) is 0 Å². The van der Waals surface area contributed by atoms with Gasteiger partial charge in [-0.3, -0.25) is 0 Å². The van der Waals surface area contributed by atoms with E-state index in [0.717, 1.165) is 0 Å². The lowest BCUT2D eigenvalue weighted by Crippen LogP contribution is -2.00. The van der Waals surface area contributed by atoms with Crippen LogP contribution in [0.3, 0.4) is 0 Å². The number of ether oxygens (including phenoxy) is 2. The van der Waals surface area contributed by atoms with E-state index in [1.165, 1.54) is 12.5 Å². The summed E-state index contributed by atoms with van der Waals surface area (Å²) in [6.07, 6.45) is 2.51. The van der Waals surface area contributed by atoms with Crippen molar-refractivity contribution in [2.24, 2.45) is 0 Å². The molecule has 9 heteroatoms. The van der Waals surface area contributed by atoms with Crippen LogP contribution in [0.2, 0.25) is 0 Å². The van der Waals surface area contributed by atoms with E-state index in [2.05, 4.69) is 17.5 Å². The lowest BCUT2D eigenvalue weighted by Gasteiger charge is -2.13. The molecule has 100 valence electrons. The van der Waals surface area contributed by atoms with E-state index in [1.807, 2.05) is 0 Å². The fourth-order valence-corrected chi connectivity index (χ4v) is 1.92. The molecule has 2 atom stereocenters. The second-order valence-electron chi connectivity index (χ2n) is 2.30. The van der Waals surface area contributed by atoms with Crippen molar-refractivity contribution in [3.8, 4) is 0 Å². The first kappa shape index (κ1) is 16.7. The van der Waals surface area contributed by atoms with Crippen LogP contribution in [0.4, 0.5) is 0 Å². The smallest absolute Gasteiger partial charge is 0.337 e. The van der Waals surface area contributed by atoms with Crippen LogP contribution in [0.25, 0.3) is 0 Å². The van der Waals surface area contributed by atoms with E-state index in [9.17, 15) is 9.79 Å². The molecule has 0 aromatic carbocycles. The van der Waals surface area contributed by atoms with E-state index in [1.54, 1.807) is 0 Å². The molecule has 0 aliphatic rings. The molecular weight excluding hydrogens is 270 g/mol. The highest BCUT2D eigenvalue weighted by atomic mass is 31.2. The van der Waals surface area contributed by atoms with E-state index < -0.39 is 17.2 Å². The minimum Gasteiger partial charge on any atom is -0.499 e. The fourth-order valence-electron chi connectivity index (χ4n) is 0.601. The van der Waals surface area contributed by atoms with E-state index >= 15 is 0 Å². The summed E-state index contributed by atoms with van der Waals surface area (Å²) in [6.45, 7) is 7.39. The van der Waals surface area contributed by atoms with Crippen LogP contribution in [-0.2, 0) is 22.8 Å². The standard InChI is InChI=1S/C8H16O7P2/c1-3-11-5-7-13-16(9)15-17(10)14-8-6-12-4-2/h3-4,9-10H,1-2,5-8H2. The first-order chi connectivity index (χ1) is 8.20. The minimum absolute atomic E-state index is 0.122. The Balaban J connectivity index is 3.40. The van der Waals surface area contributed by atoms with Gasteiger partial charge in [0.1, 0.15) is 13.2 Å². The number of rotatable bonds is 12. The zero-order chi connectivity index (χ0) is 12.9. The Morgan fingerprint density at radius 1 is 0.824 bits per heavy atom. The first-order valence-corrected chi connectivity index (χ1v) is 6.83. The minimum atomic E-state index is -2.18. The number of hydrogen-bond acceptors (Lipinski definition) is 7. The summed E-state index contributed by atoms with van der Waals surface area (Å²) in [5.41, 5.74) is 0. The van der Waals surface area contributed by atoms with E-state index in [-0.39, 0.29) is 26.4 Å². The van der Waals surface area contributed by atoms with Crippen LogP contribution < -0.4 is 0 Å². The van der Waals surface area contributed by atoms with Crippen LogP contribution >= 0.6 is 17.2 Å². The molecule has 17 heavy (non-hydrogen) atoms. The van der Waals surface area contributed by atoms with Crippen LogP contribution in [-0.4, -0.2) is 36.2 Å². The van der Waals surface area contributed by atoms with Crippen LogP contribution in [0.1, 0.15) is 0 Å². The highest BCUT2D eigenvalue weighted by Gasteiger charge is 2.16. The molecule has 0 bridgehead atoms. The Kier molecular flexibility index (Phi) is 12.0. The van der Waals surface area contributed by atoms with Gasteiger partial charge >= 0.3 is 17.2 Å². The molecule has 2 N–H and O–H groups in total. The SMILES string of the molecule is C=COCCOP(O)OP(O)OCCOC=C. The second-order valence-corrected chi connectivity index (χ2v) is 4.42. The summed E-state index contributed by atoms with van der Waals surface area (Å²) in [6, 6.07) is 0. The topological polar surface area (TPSA) is 86.6 Å².